The largest absolute Gasteiger partial charge is 0.481 e. The Labute approximate surface area is 109 Å². The Kier molecular flexibility index (Phi) is 5.58. The summed E-state index contributed by atoms with van der Waals surface area (Å²) in [6.07, 6.45) is 2.45. The second-order valence-corrected chi connectivity index (χ2v) is 6.50. The van der Waals surface area contributed by atoms with Crippen LogP contribution in [0.3, 0.4) is 0 Å². The number of nitrogens with zero attached hydrogens (tertiary/aromatic N) is 1. The fraction of sp³-hybridized carbons (Fsp3) is 0.818. The second-order valence-electron chi connectivity index (χ2n) is 4.70. The van der Waals surface area contributed by atoms with Crippen molar-refractivity contribution < 1.29 is 18.9 Å². The van der Waals surface area contributed by atoms with Crippen molar-refractivity contribution in [2.45, 2.75) is 25.0 Å². The molecular formula is C11H20N2O4S. The van der Waals surface area contributed by atoms with Crippen LogP contribution < -0.4 is 5.32 Å². The maximum atomic E-state index is 11.6. The molecule has 0 bridgehead atoms. The van der Waals surface area contributed by atoms with Crippen LogP contribution in [0.15, 0.2) is 0 Å². The molecule has 1 aliphatic rings. The monoisotopic (exact) mass is 276 g/mol. The highest BCUT2D eigenvalue weighted by Crippen LogP contribution is 2.18. The van der Waals surface area contributed by atoms with Crippen molar-refractivity contribution in [3.05, 3.63) is 0 Å². The number of hydrogen-bond acceptors (Lipinski definition) is 3. The molecule has 0 aromatic heterocycles. The van der Waals surface area contributed by atoms with Crippen LogP contribution in [0.2, 0.25) is 0 Å². The molecule has 0 aromatic rings. The molecule has 0 radical (unpaired) electrons. The van der Waals surface area contributed by atoms with E-state index in [1.165, 1.54) is 0 Å². The third-order valence-corrected chi connectivity index (χ3v) is 4.47. The molecule has 1 saturated heterocycles. The zero-order valence-corrected chi connectivity index (χ0v) is 11.5. The van der Waals surface area contributed by atoms with Gasteiger partial charge >= 0.3 is 12.0 Å². The molecule has 2 atom stereocenters. The summed E-state index contributed by atoms with van der Waals surface area (Å²) in [7, 11) is -0.866. The van der Waals surface area contributed by atoms with Gasteiger partial charge in [0.15, 0.2) is 0 Å². The van der Waals surface area contributed by atoms with Crippen molar-refractivity contribution in [2.75, 3.05) is 25.9 Å². The fourth-order valence-corrected chi connectivity index (χ4v) is 2.22. The number of urea groups is 1. The van der Waals surface area contributed by atoms with Gasteiger partial charge in [-0.15, -0.1) is 0 Å². The van der Waals surface area contributed by atoms with E-state index in [1.54, 1.807) is 11.2 Å². The van der Waals surface area contributed by atoms with Crippen molar-refractivity contribution in [1.29, 1.82) is 0 Å². The van der Waals surface area contributed by atoms with Gasteiger partial charge in [0.05, 0.1) is 6.42 Å². The van der Waals surface area contributed by atoms with Crippen LogP contribution in [0.5, 0.6) is 0 Å². The van der Waals surface area contributed by atoms with Gasteiger partial charge in [-0.1, -0.05) is 6.92 Å². The summed E-state index contributed by atoms with van der Waals surface area (Å²) < 4.78 is 11.1. The molecule has 0 saturated carbocycles. The number of nitrogens with one attached hydrogen (secondary N) is 1. The summed E-state index contributed by atoms with van der Waals surface area (Å²) in [6.45, 7) is 3.40. The van der Waals surface area contributed by atoms with Gasteiger partial charge in [-0.05, 0) is 6.42 Å². The Balaban J connectivity index is 2.13. The first-order valence-corrected chi connectivity index (χ1v) is 7.59. The Morgan fingerprint density at radius 3 is 2.61 bits per heavy atom. The van der Waals surface area contributed by atoms with Gasteiger partial charge in [0, 0.05) is 47.9 Å². The predicted molar refractivity (Wildman–Crippen MR) is 68.9 cm³/mol. The average Bonchev–Trinajstić information content (AvgIpc) is 2.21. The minimum atomic E-state index is -0.866. The summed E-state index contributed by atoms with van der Waals surface area (Å²) in [5, 5.41) is 11.4. The lowest BCUT2D eigenvalue weighted by Crippen LogP contribution is -2.54. The number of carboxylic acid groups (broad SMARTS) is 1. The van der Waals surface area contributed by atoms with Crippen LogP contribution in [0.4, 0.5) is 4.79 Å². The quantitative estimate of drug-likeness (QED) is 0.728. The van der Waals surface area contributed by atoms with E-state index in [1.807, 2.05) is 6.92 Å². The van der Waals surface area contributed by atoms with Crippen LogP contribution in [0.25, 0.3) is 0 Å². The Morgan fingerprint density at radius 2 is 2.11 bits per heavy atom. The summed E-state index contributed by atoms with van der Waals surface area (Å²) in [5.41, 5.74) is 0. The average molecular weight is 276 g/mol. The van der Waals surface area contributed by atoms with Crippen molar-refractivity contribution in [3.8, 4) is 0 Å². The molecule has 6 nitrogen and oxygen atoms in total. The Hall–Kier alpha value is -1.11. The SMILES string of the molecule is CC(CCNC(=O)N1CC(CC(=O)O)C1)S(C)=O. The minimum Gasteiger partial charge on any atom is -0.481 e. The lowest BCUT2D eigenvalue weighted by Gasteiger charge is -2.38. The van der Waals surface area contributed by atoms with Gasteiger partial charge in [0.1, 0.15) is 0 Å². The number of rotatable bonds is 6. The maximum absolute atomic E-state index is 11.6. The van der Waals surface area contributed by atoms with Gasteiger partial charge in [-0.25, -0.2) is 4.79 Å². The summed E-state index contributed by atoms with van der Waals surface area (Å²) in [4.78, 5) is 23.6. The summed E-state index contributed by atoms with van der Waals surface area (Å²) >= 11 is 0. The maximum Gasteiger partial charge on any atom is 0.317 e. The fourth-order valence-electron chi connectivity index (χ4n) is 1.77. The molecule has 104 valence electrons. The third kappa shape index (κ3) is 4.64. The normalized spacial score (nSPS) is 18.9. The van der Waals surface area contributed by atoms with E-state index in [4.69, 9.17) is 5.11 Å². The van der Waals surface area contributed by atoms with Crippen LogP contribution in [-0.2, 0) is 15.6 Å². The van der Waals surface area contributed by atoms with E-state index < -0.39 is 16.8 Å². The number of aliphatic carboxylic acids is 1. The van der Waals surface area contributed by atoms with E-state index in [-0.39, 0.29) is 23.6 Å². The van der Waals surface area contributed by atoms with Gasteiger partial charge in [0.2, 0.25) is 0 Å². The predicted octanol–water partition coefficient (Wildman–Crippen LogP) is 0.260. The smallest absolute Gasteiger partial charge is 0.317 e. The zero-order valence-electron chi connectivity index (χ0n) is 10.7. The number of amides is 2. The lowest BCUT2D eigenvalue weighted by atomic mass is 9.97. The van der Waals surface area contributed by atoms with Crippen LogP contribution >= 0.6 is 0 Å². The highest BCUT2D eigenvalue weighted by Gasteiger charge is 2.31. The van der Waals surface area contributed by atoms with E-state index in [9.17, 15) is 13.8 Å². The molecule has 2 unspecified atom stereocenters. The molecule has 0 spiro atoms. The van der Waals surface area contributed by atoms with E-state index in [0.29, 0.717) is 26.1 Å². The number of hydrogen-bond donors (Lipinski definition) is 2. The highest BCUT2D eigenvalue weighted by molar-refractivity contribution is 7.84. The molecule has 1 rings (SSSR count). The van der Waals surface area contributed by atoms with E-state index in [2.05, 4.69) is 5.32 Å². The Morgan fingerprint density at radius 1 is 1.50 bits per heavy atom. The van der Waals surface area contributed by atoms with E-state index >= 15 is 0 Å². The van der Waals surface area contributed by atoms with Gasteiger partial charge in [-0.3, -0.25) is 9.00 Å². The number of carbonyl (C=O) groups excluding carboxylic acids is 1. The van der Waals surface area contributed by atoms with E-state index in [0.717, 1.165) is 0 Å². The standard InChI is InChI=1S/C11H20N2O4S/c1-8(18(2)17)3-4-12-11(16)13-6-9(7-13)5-10(14)15/h8-9H,3-7H2,1-2H3,(H,12,16)(H,14,15). The molecule has 0 aliphatic carbocycles. The highest BCUT2D eigenvalue weighted by atomic mass is 32.2. The lowest BCUT2D eigenvalue weighted by molar-refractivity contribution is -0.139. The molecule has 2 N–H and O–H groups in total. The molecule has 18 heavy (non-hydrogen) atoms. The number of carboxylic acids is 1. The first-order valence-electron chi connectivity index (χ1n) is 5.97. The molecule has 0 aromatic carbocycles. The van der Waals surface area contributed by atoms with Crippen LogP contribution in [0, 0.1) is 5.92 Å². The molecular weight excluding hydrogens is 256 g/mol. The minimum absolute atomic E-state index is 0.0708. The first-order chi connectivity index (χ1) is 8.40. The van der Waals surface area contributed by atoms with Gasteiger partial charge in [0.25, 0.3) is 0 Å². The number of likely N-dealkylation sites (tertiary alicyclic amines) is 1. The van der Waals surface area contributed by atoms with Crippen LogP contribution in [0.1, 0.15) is 19.8 Å². The van der Waals surface area contributed by atoms with Gasteiger partial charge in [-0.2, -0.15) is 0 Å². The van der Waals surface area contributed by atoms with Crippen molar-refractivity contribution in [1.82, 2.24) is 10.2 Å². The van der Waals surface area contributed by atoms with Crippen molar-refractivity contribution in [3.63, 3.8) is 0 Å². The van der Waals surface area contributed by atoms with Crippen LogP contribution in [-0.4, -0.2) is 57.4 Å². The summed E-state index contributed by atoms with van der Waals surface area (Å²) in [6, 6.07) is -0.161. The van der Waals surface area contributed by atoms with Crippen molar-refractivity contribution in [2.24, 2.45) is 5.92 Å². The molecule has 1 heterocycles. The summed E-state index contributed by atoms with van der Waals surface area (Å²) in [5.74, 6) is -0.741. The first kappa shape index (κ1) is 14.9. The topological polar surface area (TPSA) is 86.7 Å². The second kappa shape index (κ2) is 6.72. The van der Waals surface area contributed by atoms with Gasteiger partial charge < -0.3 is 15.3 Å². The zero-order chi connectivity index (χ0) is 13.7. The number of carbonyl (C=O) groups is 2. The molecule has 2 amide bonds. The molecule has 1 aliphatic heterocycles. The Bertz CT molecular complexity index is 342. The molecule has 7 heteroatoms. The van der Waals surface area contributed by atoms with Crippen molar-refractivity contribution >= 4 is 22.8 Å². The molecule has 1 fully saturated rings. The third-order valence-electron chi connectivity index (χ3n) is 3.10.